The molecule has 39 heavy (non-hydrogen) atoms. The fraction of sp³-hybridized carbons (Fsp3) is 0.200. The molecule has 0 saturated carbocycles. The second kappa shape index (κ2) is 11.6. The molecule has 0 aromatic heterocycles. The van der Waals surface area contributed by atoms with Crippen LogP contribution in [-0.2, 0) is 4.79 Å². The molecule has 2 aliphatic heterocycles. The molecule has 0 bridgehead atoms. The van der Waals surface area contributed by atoms with Crippen LogP contribution in [0.15, 0.2) is 82.4 Å². The molecule has 8 nitrogen and oxygen atoms in total. The van der Waals surface area contributed by atoms with E-state index in [-0.39, 0.29) is 18.0 Å². The maximum absolute atomic E-state index is 12.7. The minimum Gasteiger partial charge on any atom is -0.490 e. The van der Waals surface area contributed by atoms with Crippen LogP contribution in [0.5, 0.6) is 17.2 Å². The maximum Gasteiger partial charge on any atom is 0.283 e. The molecule has 0 fully saturated rings. The molecule has 0 aliphatic carbocycles. The zero-order chi connectivity index (χ0) is 27.4. The third kappa shape index (κ3) is 6.21. The molecule has 3 aromatic rings. The van der Waals surface area contributed by atoms with Crippen molar-refractivity contribution in [2.45, 2.75) is 20.8 Å². The summed E-state index contributed by atoms with van der Waals surface area (Å²) in [5, 5.41) is 15.4. The van der Waals surface area contributed by atoms with Gasteiger partial charge < -0.3 is 14.2 Å². The molecule has 1 amide bonds. The summed E-state index contributed by atoms with van der Waals surface area (Å²) in [4.78, 5) is 16.9. The Bertz CT molecular complexity index is 1510. The Labute approximate surface area is 231 Å². The van der Waals surface area contributed by atoms with Gasteiger partial charge in [0.05, 0.1) is 5.57 Å². The number of carbonyl (C=O) groups is 1. The molecule has 3 aromatic carbocycles. The van der Waals surface area contributed by atoms with Gasteiger partial charge in [-0.3, -0.25) is 10.2 Å². The topological polar surface area (TPSA) is 96.6 Å². The number of thioether (sulfide) groups is 1. The fourth-order valence-electron chi connectivity index (χ4n) is 3.95. The van der Waals surface area contributed by atoms with Gasteiger partial charge in [0.2, 0.25) is 5.17 Å². The molecule has 9 heteroatoms. The smallest absolute Gasteiger partial charge is 0.283 e. The number of ether oxygens (including phenoxy) is 3. The average molecular weight is 541 g/mol. The number of amidine groups is 2. The van der Waals surface area contributed by atoms with Gasteiger partial charge in [0, 0.05) is 0 Å². The van der Waals surface area contributed by atoms with Crippen LogP contribution in [0.2, 0.25) is 0 Å². The summed E-state index contributed by atoms with van der Waals surface area (Å²) in [7, 11) is 0. The average Bonchev–Trinajstić information content (AvgIpc) is 3.34. The van der Waals surface area contributed by atoms with Crippen LogP contribution in [0.1, 0.15) is 22.3 Å². The highest BCUT2D eigenvalue weighted by molar-refractivity contribution is 8.27. The number of benzene rings is 3. The van der Waals surface area contributed by atoms with Crippen molar-refractivity contribution in [1.29, 1.82) is 5.41 Å². The van der Waals surface area contributed by atoms with Crippen molar-refractivity contribution in [2.75, 3.05) is 19.8 Å². The highest BCUT2D eigenvalue weighted by Gasteiger charge is 2.35. The Balaban J connectivity index is 1.18. The fourth-order valence-corrected chi connectivity index (χ4v) is 4.75. The van der Waals surface area contributed by atoms with Crippen LogP contribution >= 0.6 is 11.8 Å². The van der Waals surface area contributed by atoms with Crippen molar-refractivity contribution in [3.05, 3.63) is 94.6 Å². The minimum absolute atomic E-state index is 0.0210. The minimum atomic E-state index is -0.473. The van der Waals surface area contributed by atoms with E-state index in [4.69, 9.17) is 19.6 Å². The van der Waals surface area contributed by atoms with E-state index in [1.54, 1.807) is 6.08 Å². The summed E-state index contributed by atoms with van der Waals surface area (Å²) in [6.07, 6.45) is 1.64. The van der Waals surface area contributed by atoms with Crippen molar-refractivity contribution in [3.63, 3.8) is 0 Å². The molecule has 2 aliphatic rings. The van der Waals surface area contributed by atoms with E-state index in [1.807, 2.05) is 81.4 Å². The summed E-state index contributed by atoms with van der Waals surface area (Å²) in [5.41, 5.74) is 4.17. The number of hydrazone groups is 1. The Hall–Kier alpha value is -4.37. The Morgan fingerprint density at radius 3 is 2.44 bits per heavy atom. The SMILES string of the molecule is Cc1ccc(C)c(OCCOc2ccc(/C=C3/C(=N)N4N=C(COc5ccccc5C)SC4=NC3=O)cc2)c1. The van der Waals surface area contributed by atoms with Gasteiger partial charge in [0.1, 0.15) is 42.1 Å². The first-order valence-corrected chi connectivity index (χ1v) is 13.3. The molecule has 5 rings (SSSR count). The highest BCUT2D eigenvalue weighted by atomic mass is 32.2. The lowest BCUT2D eigenvalue weighted by Crippen LogP contribution is -2.35. The summed E-state index contributed by atoms with van der Waals surface area (Å²) < 4.78 is 17.5. The zero-order valence-corrected chi connectivity index (χ0v) is 22.7. The number of nitrogens with one attached hydrogen (secondary N) is 1. The van der Waals surface area contributed by atoms with E-state index in [2.05, 4.69) is 16.2 Å². The Morgan fingerprint density at radius 1 is 0.897 bits per heavy atom. The number of para-hydroxylation sites is 1. The summed E-state index contributed by atoms with van der Waals surface area (Å²) in [6.45, 7) is 7.07. The zero-order valence-electron chi connectivity index (χ0n) is 21.9. The summed E-state index contributed by atoms with van der Waals surface area (Å²) in [5.74, 6) is 1.82. The van der Waals surface area contributed by atoms with Gasteiger partial charge in [0.25, 0.3) is 5.91 Å². The number of nitrogens with zero attached hydrogens (tertiary/aromatic N) is 3. The lowest BCUT2D eigenvalue weighted by Gasteiger charge is -2.20. The molecule has 2 heterocycles. The van der Waals surface area contributed by atoms with E-state index >= 15 is 0 Å². The lowest BCUT2D eigenvalue weighted by atomic mass is 10.1. The van der Waals surface area contributed by atoms with Crippen molar-refractivity contribution < 1.29 is 19.0 Å². The Kier molecular flexibility index (Phi) is 7.79. The molecule has 0 saturated heterocycles. The number of carbonyl (C=O) groups excluding carboxylic acids is 1. The van der Waals surface area contributed by atoms with Gasteiger partial charge in [0.15, 0.2) is 5.84 Å². The lowest BCUT2D eigenvalue weighted by molar-refractivity contribution is -0.114. The third-order valence-corrected chi connectivity index (χ3v) is 6.97. The molecule has 0 spiro atoms. The first-order chi connectivity index (χ1) is 18.9. The molecule has 0 unspecified atom stereocenters. The number of aliphatic imine (C=N–C) groups is 1. The van der Waals surface area contributed by atoms with Crippen LogP contribution in [0.25, 0.3) is 6.08 Å². The number of aryl methyl sites for hydroxylation is 3. The van der Waals surface area contributed by atoms with Gasteiger partial charge >= 0.3 is 0 Å². The molecule has 198 valence electrons. The maximum atomic E-state index is 12.7. The van der Waals surface area contributed by atoms with Gasteiger partial charge in [-0.15, -0.1) is 0 Å². The van der Waals surface area contributed by atoms with Gasteiger partial charge in [-0.1, -0.05) is 42.5 Å². The number of hydrogen-bond donors (Lipinski definition) is 1. The second-order valence-corrected chi connectivity index (χ2v) is 10.1. The van der Waals surface area contributed by atoms with Crippen LogP contribution in [0.3, 0.4) is 0 Å². The Morgan fingerprint density at radius 2 is 1.64 bits per heavy atom. The van der Waals surface area contributed by atoms with Crippen molar-refractivity contribution in [1.82, 2.24) is 5.01 Å². The van der Waals surface area contributed by atoms with Crippen LogP contribution in [0.4, 0.5) is 0 Å². The van der Waals surface area contributed by atoms with Gasteiger partial charge in [-0.05, 0) is 85.1 Å². The molecule has 0 atom stereocenters. The van der Waals surface area contributed by atoms with E-state index < -0.39 is 5.91 Å². The predicted octanol–water partition coefficient (Wildman–Crippen LogP) is 5.77. The predicted molar refractivity (Wildman–Crippen MR) is 155 cm³/mol. The number of amides is 1. The third-order valence-electron chi connectivity index (χ3n) is 6.09. The van der Waals surface area contributed by atoms with Gasteiger partial charge in [-0.2, -0.15) is 15.1 Å². The first-order valence-electron chi connectivity index (χ1n) is 12.5. The standard InChI is InChI=1S/C30H28N4O4S/c1-19-8-9-21(3)26(16-19)37-15-14-36-23-12-10-22(11-13-23)17-24-28(31)34-30(32-29(24)35)39-27(33-34)18-38-25-7-5-4-6-20(25)2/h4-13,16-17,31H,14-15,18H2,1-3H3/b24-17-,31-28?. The molecular weight excluding hydrogens is 512 g/mol. The normalized spacial score (nSPS) is 15.7. The van der Waals surface area contributed by atoms with E-state index in [9.17, 15) is 4.79 Å². The quantitative estimate of drug-likeness (QED) is 0.274. The van der Waals surface area contributed by atoms with Crippen molar-refractivity contribution in [3.8, 4) is 17.2 Å². The van der Waals surface area contributed by atoms with Crippen LogP contribution in [0, 0.1) is 26.2 Å². The molecule has 1 N–H and O–H groups in total. The summed E-state index contributed by atoms with van der Waals surface area (Å²) in [6, 6.07) is 21.1. The van der Waals surface area contributed by atoms with E-state index in [0.717, 1.165) is 33.8 Å². The highest BCUT2D eigenvalue weighted by Crippen LogP contribution is 2.29. The second-order valence-electron chi connectivity index (χ2n) is 9.10. The molecular formula is C30H28N4O4S. The van der Waals surface area contributed by atoms with Crippen LogP contribution < -0.4 is 14.2 Å². The van der Waals surface area contributed by atoms with Crippen molar-refractivity contribution in [2.24, 2.45) is 10.1 Å². The van der Waals surface area contributed by atoms with Gasteiger partial charge in [-0.25, -0.2) is 0 Å². The largest absolute Gasteiger partial charge is 0.490 e. The number of hydrogen-bond acceptors (Lipinski definition) is 7. The molecule has 0 radical (unpaired) electrons. The van der Waals surface area contributed by atoms with Crippen LogP contribution in [-0.4, -0.2) is 46.8 Å². The summed E-state index contributed by atoms with van der Waals surface area (Å²) >= 11 is 1.23. The van der Waals surface area contributed by atoms with E-state index in [1.165, 1.54) is 16.8 Å². The number of fused-ring (bicyclic) bond motifs is 1. The monoisotopic (exact) mass is 540 g/mol. The van der Waals surface area contributed by atoms with E-state index in [0.29, 0.717) is 29.2 Å². The number of rotatable bonds is 9. The van der Waals surface area contributed by atoms with Crippen molar-refractivity contribution >= 4 is 39.8 Å². The first kappa shape index (κ1) is 26.2.